The van der Waals surface area contributed by atoms with Gasteiger partial charge in [0.15, 0.2) is 0 Å². The third-order valence-corrected chi connectivity index (χ3v) is 5.58. The van der Waals surface area contributed by atoms with Gasteiger partial charge in [-0.3, -0.25) is 9.79 Å². The summed E-state index contributed by atoms with van der Waals surface area (Å²) in [7, 11) is 0. The maximum atomic E-state index is 12.5. The number of nitrogens with zero attached hydrogens (tertiary/aromatic N) is 1. The fourth-order valence-electron chi connectivity index (χ4n) is 4.21. The number of hydrogen-bond acceptors (Lipinski definition) is 4. The van der Waals surface area contributed by atoms with Crippen LogP contribution in [0.25, 0.3) is 10.9 Å². The zero-order valence-electron chi connectivity index (χ0n) is 15.9. The number of para-hydroxylation sites is 1. The zero-order chi connectivity index (χ0) is 19.8. The van der Waals surface area contributed by atoms with Crippen molar-refractivity contribution in [3.63, 3.8) is 0 Å². The SMILES string of the molecule is O=C1NC(c2c(CNCC3=NC=CCC3)[nH]c3ccccc23)c2cc(O)ccc21. The van der Waals surface area contributed by atoms with Gasteiger partial charge >= 0.3 is 0 Å². The number of allylic oxidation sites excluding steroid dienone is 1. The summed E-state index contributed by atoms with van der Waals surface area (Å²) in [6.45, 7) is 1.36. The summed E-state index contributed by atoms with van der Waals surface area (Å²) in [5.41, 5.74) is 5.66. The van der Waals surface area contributed by atoms with Crippen LogP contribution in [0.15, 0.2) is 59.7 Å². The standard InChI is InChI=1S/C23H22N4O2/c28-15-8-9-16-18(11-15)22(27-23(16)29)21-17-6-1-2-7-19(17)26-20(21)13-24-12-14-5-3-4-10-25-14/h1-2,4,6-11,22,24,26,28H,3,5,12-13H2,(H,27,29). The molecule has 2 aromatic carbocycles. The molecule has 3 aromatic rings. The van der Waals surface area contributed by atoms with Gasteiger partial charge in [-0.1, -0.05) is 24.3 Å². The molecule has 1 amide bonds. The molecule has 0 aliphatic carbocycles. The number of fused-ring (bicyclic) bond motifs is 2. The number of aliphatic imine (C=N–C) groups is 1. The highest BCUT2D eigenvalue weighted by Gasteiger charge is 2.33. The maximum absolute atomic E-state index is 12.5. The van der Waals surface area contributed by atoms with Gasteiger partial charge in [-0.05, 0) is 42.7 Å². The Hall–Kier alpha value is -3.38. The third-order valence-electron chi connectivity index (χ3n) is 5.58. The van der Waals surface area contributed by atoms with Crippen molar-refractivity contribution in [2.75, 3.05) is 6.54 Å². The fraction of sp³-hybridized carbons (Fsp3) is 0.217. The molecule has 2 aliphatic heterocycles. The monoisotopic (exact) mass is 386 g/mol. The molecule has 0 bridgehead atoms. The van der Waals surface area contributed by atoms with E-state index >= 15 is 0 Å². The van der Waals surface area contributed by atoms with Crippen molar-refractivity contribution in [2.24, 2.45) is 4.99 Å². The number of benzene rings is 2. The van der Waals surface area contributed by atoms with Crippen LogP contribution in [0.3, 0.4) is 0 Å². The van der Waals surface area contributed by atoms with E-state index in [1.54, 1.807) is 18.2 Å². The number of carbonyl (C=O) groups excluding carboxylic acids is 1. The minimum Gasteiger partial charge on any atom is -0.508 e. The van der Waals surface area contributed by atoms with E-state index < -0.39 is 0 Å². The maximum Gasteiger partial charge on any atom is 0.252 e. The van der Waals surface area contributed by atoms with Crippen molar-refractivity contribution in [1.82, 2.24) is 15.6 Å². The molecular formula is C23H22N4O2. The molecule has 6 heteroatoms. The molecule has 0 saturated carbocycles. The average molecular weight is 386 g/mol. The topological polar surface area (TPSA) is 89.5 Å². The smallest absolute Gasteiger partial charge is 0.252 e. The Morgan fingerprint density at radius 2 is 2.07 bits per heavy atom. The third kappa shape index (κ3) is 3.21. The molecule has 0 radical (unpaired) electrons. The number of aromatic hydroxyl groups is 1. The van der Waals surface area contributed by atoms with Gasteiger partial charge in [0.05, 0.1) is 6.04 Å². The van der Waals surface area contributed by atoms with Gasteiger partial charge in [-0.25, -0.2) is 0 Å². The summed E-state index contributed by atoms with van der Waals surface area (Å²) in [6, 6.07) is 12.7. The second kappa shape index (κ2) is 7.22. The van der Waals surface area contributed by atoms with Crippen LogP contribution in [0.4, 0.5) is 0 Å². The van der Waals surface area contributed by atoms with E-state index in [1.807, 2.05) is 24.4 Å². The van der Waals surface area contributed by atoms with Gasteiger partial charge < -0.3 is 20.7 Å². The van der Waals surface area contributed by atoms with Crippen molar-refractivity contribution in [2.45, 2.75) is 25.4 Å². The van der Waals surface area contributed by atoms with Crippen LogP contribution in [-0.2, 0) is 6.54 Å². The first-order valence-electron chi connectivity index (χ1n) is 9.85. The molecule has 0 saturated heterocycles. The Morgan fingerprint density at radius 1 is 1.17 bits per heavy atom. The number of phenolic OH excluding ortho intramolecular Hbond substituents is 1. The molecule has 146 valence electrons. The second-order valence-electron chi connectivity index (χ2n) is 7.46. The molecule has 2 aliphatic rings. The highest BCUT2D eigenvalue weighted by molar-refractivity contribution is 6.01. The number of aromatic amines is 1. The van der Waals surface area contributed by atoms with E-state index in [4.69, 9.17) is 0 Å². The first-order valence-corrected chi connectivity index (χ1v) is 9.85. The highest BCUT2D eigenvalue weighted by Crippen LogP contribution is 2.38. The Kier molecular flexibility index (Phi) is 4.41. The molecule has 4 N–H and O–H groups in total. The first-order chi connectivity index (χ1) is 14.2. The summed E-state index contributed by atoms with van der Waals surface area (Å²) in [5, 5.41) is 17.6. The Bertz CT molecular complexity index is 1160. The number of amides is 1. The molecule has 1 atom stereocenters. The lowest BCUT2D eigenvalue weighted by atomic mass is 9.95. The van der Waals surface area contributed by atoms with E-state index in [0.717, 1.165) is 52.8 Å². The van der Waals surface area contributed by atoms with E-state index in [1.165, 1.54) is 0 Å². The van der Waals surface area contributed by atoms with Crippen LogP contribution >= 0.6 is 0 Å². The van der Waals surface area contributed by atoms with Crippen LogP contribution < -0.4 is 10.6 Å². The van der Waals surface area contributed by atoms with Crippen LogP contribution in [0.5, 0.6) is 5.75 Å². The summed E-state index contributed by atoms with van der Waals surface area (Å²) in [6.07, 6.45) is 5.96. The van der Waals surface area contributed by atoms with Gasteiger partial charge in [0, 0.05) is 52.7 Å². The van der Waals surface area contributed by atoms with Crippen molar-refractivity contribution in [3.05, 3.63) is 77.1 Å². The fourth-order valence-corrected chi connectivity index (χ4v) is 4.21. The Balaban J connectivity index is 1.51. The molecule has 5 rings (SSSR count). The highest BCUT2D eigenvalue weighted by atomic mass is 16.3. The molecular weight excluding hydrogens is 364 g/mol. The molecule has 3 heterocycles. The van der Waals surface area contributed by atoms with E-state index in [0.29, 0.717) is 12.1 Å². The van der Waals surface area contributed by atoms with Gasteiger partial charge in [0.1, 0.15) is 5.75 Å². The summed E-state index contributed by atoms with van der Waals surface area (Å²) in [5.74, 6) is 0.0469. The minimum atomic E-state index is -0.299. The van der Waals surface area contributed by atoms with Gasteiger partial charge in [0.2, 0.25) is 0 Å². The van der Waals surface area contributed by atoms with Crippen LogP contribution in [0.1, 0.15) is 46.1 Å². The molecule has 1 unspecified atom stereocenters. The van der Waals surface area contributed by atoms with Crippen molar-refractivity contribution >= 4 is 22.5 Å². The molecule has 1 aromatic heterocycles. The van der Waals surface area contributed by atoms with E-state index in [-0.39, 0.29) is 17.7 Å². The lowest BCUT2D eigenvalue weighted by Gasteiger charge is -2.15. The van der Waals surface area contributed by atoms with E-state index in [9.17, 15) is 9.90 Å². The average Bonchev–Trinajstić information content (AvgIpc) is 3.25. The lowest BCUT2D eigenvalue weighted by Crippen LogP contribution is -2.25. The van der Waals surface area contributed by atoms with E-state index in [2.05, 4.69) is 32.8 Å². The molecule has 6 nitrogen and oxygen atoms in total. The minimum absolute atomic E-state index is 0.113. The molecule has 0 fully saturated rings. The quantitative estimate of drug-likeness (QED) is 0.541. The number of phenols is 1. The molecule has 29 heavy (non-hydrogen) atoms. The normalized spacial score (nSPS) is 18.0. The van der Waals surface area contributed by atoms with Crippen LogP contribution in [-0.4, -0.2) is 28.3 Å². The molecule has 0 spiro atoms. The number of carbonyl (C=O) groups is 1. The largest absolute Gasteiger partial charge is 0.508 e. The number of hydrogen-bond donors (Lipinski definition) is 4. The second-order valence-corrected chi connectivity index (χ2v) is 7.46. The number of H-pyrrole nitrogens is 1. The van der Waals surface area contributed by atoms with Crippen molar-refractivity contribution < 1.29 is 9.90 Å². The number of rotatable bonds is 5. The van der Waals surface area contributed by atoms with Crippen LogP contribution in [0, 0.1) is 0 Å². The predicted molar refractivity (Wildman–Crippen MR) is 113 cm³/mol. The summed E-state index contributed by atoms with van der Waals surface area (Å²) in [4.78, 5) is 20.4. The Morgan fingerprint density at radius 3 is 2.93 bits per heavy atom. The van der Waals surface area contributed by atoms with Gasteiger partial charge in [-0.2, -0.15) is 0 Å². The summed E-state index contributed by atoms with van der Waals surface area (Å²) < 4.78 is 0. The number of nitrogens with one attached hydrogen (secondary N) is 3. The lowest BCUT2D eigenvalue weighted by molar-refractivity contribution is 0.0960. The van der Waals surface area contributed by atoms with Gasteiger partial charge in [0.25, 0.3) is 5.91 Å². The first kappa shape index (κ1) is 17.7. The van der Waals surface area contributed by atoms with Gasteiger partial charge in [-0.15, -0.1) is 0 Å². The summed E-state index contributed by atoms with van der Waals surface area (Å²) >= 11 is 0. The number of aromatic nitrogens is 1. The van der Waals surface area contributed by atoms with Crippen molar-refractivity contribution in [1.29, 1.82) is 0 Å². The Labute approximate surface area is 168 Å². The zero-order valence-corrected chi connectivity index (χ0v) is 15.9. The van der Waals surface area contributed by atoms with Crippen LogP contribution in [0.2, 0.25) is 0 Å². The van der Waals surface area contributed by atoms with Crippen molar-refractivity contribution in [3.8, 4) is 5.75 Å². The predicted octanol–water partition coefficient (Wildman–Crippen LogP) is 3.54.